The molecule has 2 aliphatic carbocycles. The number of carbonyl (C=O) groups is 3. The van der Waals surface area contributed by atoms with Crippen molar-refractivity contribution in [2.45, 2.75) is 84.5 Å². The Kier molecular flexibility index (Phi) is 10.5. The van der Waals surface area contributed by atoms with Gasteiger partial charge < -0.3 is 20.5 Å². The van der Waals surface area contributed by atoms with E-state index in [0.29, 0.717) is 42.5 Å². The van der Waals surface area contributed by atoms with E-state index >= 15 is 0 Å². The van der Waals surface area contributed by atoms with Crippen molar-refractivity contribution in [1.82, 2.24) is 10.6 Å². The molecule has 3 N–H and O–H groups in total. The van der Waals surface area contributed by atoms with Crippen molar-refractivity contribution in [3.8, 4) is 0 Å². The zero-order chi connectivity index (χ0) is 30.4. The molecule has 0 aromatic heterocycles. The van der Waals surface area contributed by atoms with Gasteiger partial charge in [-0.25, -0.2) is 0 Å². The Labute approximate surface area is 249 Å². The van der Waals surface area contributed by atoms with Gasteiger partial charge in [-0.2, -0.15) is 0 Å². The minimum atomic E-state index is -0.534. The van der Waals surface area contributed by atoms with E-state index in [1.165, 1.54) is 17.2 Å². The van der Waals surface area contributed by atoms with E-state index in [4.69, 9.17) is 4.74 Å². The number of aliphatic hydroxyl groups excluding tert-OH is 1. The summed E-state index contributed by atoms with van der Waals surface area (Å²) in [6, 6.07) is 8.23. The first-order chi connectivity index (χ1) is 20.0. The fourth-order valence-corrected chi connectivity index (χ4v) is 5.97. The Bertz CT molecular complexity index is 1340. The Morgan fingerprint density at radius 2 is 1.67 bits per heavy atom. The van der Waals surface area contributed by atoms with Gasteiger partial charge in [0.2, 0.25) is 11.6 Å². The van der Waals surface area contributed by atoms with E-state index < -0.39 is 12.0 Å². The van der Waals surface area contributed by atoms with E-state index in [1.54, 1.807) is 26.2 Å². The second-order valence-corrected chi connectivity index (χ2v) is 12.1. The summed E-state index contributed by atoms with van der Waals surface area (Å²) in [6.45, 7) is 7.74. The molecule has 4 unspecified atom stereocenters. The first-order valence-electron chi connectivity index (χ1n) is 15.0. The van der Waals surface area contributed by atoms with Crippen LogP contribution in [0.4, 0.5) is 0 Å². The molecule has 1 aliphatic heterocycles. The van der Waals surface area contributed by atoms with Gasteiger partial charge in [0.05, 0.1) is 23.6 Å². The van der Waals surface area contributed by atoms with Crippen molar-refractivity contribution >= 4 is 17.5 Å². The predicted octanol–water partition coefficient (Wildman–Crippen LogP) is 4.82. The van der Waals surface area contributed by atoms with E-state index in [-0.39, 0.29) is 41.2 Å². The minimum Gasteiger partial charge on any atom is -0.393 e. The van der Waals surface area contributed by atoms with Crippen molar-refractivity contribution in [1.29, 1.82) is 0 Å². The van der Waals surface area contributed by atoms with Crippen LogP contribution < -0.4 is 10.6 Å². The lowest BCUT2D eigenvalue weighted by Gasteiger charge is -2.25. The van der Waals surface area contributed by atoms with E-state index in [1.807, 2.05) is 39.0 Å². The number of Topliss-reactive ketones (excluding diaryl/α,β-unsaturated/α-hetero) is 1. The summed E-state index contributed by atoms with van der Waals surface area (Å²) in [7, 11) is 1.64. The highest BCUT2D eigenvalue weighted by Gasteiger charge is 2.33. The van der Waals surface area contributed by atoms with Crippen molar-refractivity contribution in [3.63, 3.8) is 0 Å². The number of benzene rings is 1. The summed E-state index contributed by atoms with van der Waals surface area (Å²) in [4.78, 5) is 40.3. The molecule has 0 spiro atoms. The third kappa shape index (κ3) is 7.84. The average Bonchev–Trinajstić information content (AvgIpc) is 3.37. The zero-order valence-corrected chi connectivity index (χ0v) is 25.4. The molecule has 0 radical (unpaired) electrons. The first-order valence-corrected chi connectivity index (χ1v) is 15.0. The molecule has 1 aromatic carbocycles. The molecule has 42 heavy (non-hydrogen) atoms. The maximum absolute atomic E-state index is 13.8. The number of fused-ring (bicyclic) bond motifs is 3. The molecular formula is C35H44N2O5. The number of ether oxygens (including phenoxy) is 1. The van der Waals surface area contributed by atoms with Crippen molar-refractivity contribution in [2.75, 3.05) is 7.11 Å². The molecule has 1 amide bonds. The Hall–Kier alpha value is -3.55. The van der Waals surface area contributed by atoms with Crippen LogP contribution in [0.2, 0.25) is 0 Å². The number of rotatable bonds is 3. The highest BCUT2D eigenvalue weighted by atomic mass is 16.5. The van der Waals surface area contributed by atoms with Gasteiger partial charge in [0.1, 0.15) is 0 Å². The van der Waals surface area contributed by atoms with Crippen LogP contribution in [0.15, 0.2) is 82.8 Å². The summed E-state index contributed by atoms with van der Waals surface area (Å²) in [5.41, 5.74) is 4.70. The van der Waals surface area contributed by atoms with Gasteiger partial charge >= 0.3 is 0 Å². The normalized spacial score (nSPS) is 30.0. The molecule has 1 aromatic rings. The van der Waals surface area contributed by atoms with Gasteiger partial charge in [0.15, 0.2) is 0 Å². The van der Waals surface area contributed by atoms with Crippen molar-refractivity contribution in [2.24, 2.45) is 11.8 Å². The number of ketones is 2. The summed E-state index contributed by atoms with van der Waals surface area (Å²) in [6.07, 6.45) is 11.7. The molecule has 0 saturated heterocycles. The van der Waals surface area contributed by atoms with Crippen LogP contribution in [0.5, 0.6) is 0 Å². The number of amides is 1. The minimum absolute atomic E-state index is 0.00376. The molecule has 7 heteroatoms. The molecule has 7 nitrogen and oxygen atoms in total. The van der Waals surface area contributed by atoms with E-state index in [2.05, 4.69) is 28.8 Å². The predicted molar refractivity (Wildman–Crippen MR) is 164 cm³/mol. The average molecular weight is 573 g/mol. The molecule has 2 bridgehead atoms. The number of nitrogens with one attached hydrogen (secondary N) is 2. The van der Waals surface area contributed by atoms with Crippen molar-refractivity contribution in [3.05, 3.63) is 93.9 Å². The van der Waals surface area contributed by atoms with Gasteiger partial charge in [-0.15, -0.1) is 0 Å². The lowest BCUT2D eigenvalue weighted by molar-refractivity contribution is -0.120. The monoisotopic (exact) mass is 572 g/mol. The highest BCUT2D eigenvalue weighted by molar-refractivity contribution is 6.23. The standard InChI is InChI=1S/C35H44N2O5/c1-21-13-14-31(38)24(4)15-22(2)16-28(42-5)12-8-9-23(3)35(41)37-30-20-32(39)33(29(17-21)34(30)40)36-27-18-25-10-6-7-11-26(25)19-27/h6-12,15,20-21,24,27-28,31,36,38H,13-14,16-19H2,1-5H3,(H,37,41)/b12-8-,22-15+,23-9+. The molecule has 1 heterocycles. The number of hydrogen-bond acceptors (Lipinski definition) is 6. The number of aliphatic hydroxyl groups is 1. The largest absolute Gasteiger partial charge is 0.393 e. The van der Waals surface area contributed by atoms with Crippen LogP contribution in [-0.4, -0.2) is 47.9 Å². The number of allylic oxidation sites excluding steroid dienone is 4. The van der Waals surface area contributed by atoms with Crippen molar-refractivity contribution < 1.29 is 24.2 Å². The Balaban J connectivity index is 1.63. The third-order valence-electron chi connectivity index (χ3n) is 8.51. The van der Waals surface area contributed by atoms with Crippen LogP contribution in [-0.2, 0) is 32.0 Å². The van der Waals surface area contributed by atoms with Gasteiger partial charge in [-0.1, -0.05) is 68.0 Å². The lowest BCUT2D eigenvalue weighted by Crippen LogP contribution is -2.39. The molecule has 0 saturated carbocycles. The number of carbonyl (C=O) groups excluding carboxylic acids is 3. The van der Waals surface area contributed by atoms with E-state index in [0.717, 1.165) is 18.4 Å². The van der Waals surface area contributed by atoms with Crippen LogP contribution in [0.1, 0.15) is 64.5 Å². The quantitative estimate of drug-likeness (QED) is 0.354. The Morgan fingerprint density at radius 3 is 2.33 bits per heavy atom. The summed E-state index contributed by atoms with van der Waals surface area (Å²) in [5, 5.41) is 17.0. The first kappa shape index (κ1) is 31.4. The topological polar surface area (TPSA) is 105 Å². The second kappa shape index (κ2) is 14.1. The zero-order valence-electron chi connectivity index (χ0n) is 25.4. The van der Waals surface area contributed by atoms with Crippen LogP contribution >= 0.6 is 0 Å². The van der Waals surface area contributed by atoms with Gasteiger partial charge in [0, 0.05) is 36.3 Å². The molecule has 3 aliphatic rings. The fourth-order valence-electron chi connectivity index (χ4n) is 5.97. The second-order valence-electron chi connectivity index (χ2n) is 12.1. The lowest BCUT2D eigenvalue weighted by atomic mass is 9.86. The van der Waals surface area contributed by atoms with Crippen LogP contribution in [0.3, 0.4) is 0 Å². The summed E-state index contributed by atoms with van der Waals surface area (Å²) < 4.78 is 5.59. The maximum Gasteiger partial charge on any atom is 0.251 e. The maximum atomic E-state index is 13.8. The van der Waals surface area contributed by atoms with Gasteiger partial charge in [0.25, 0.3) is 5.91 Å². The van der Waals surface area contributed by atoms with E-state index in [9.17, 15) is 19.5 Å². The fraction of sp³-hybridized carbons (Fsp3) is 0.457. The van der Waals surface area contributed by atoms with Gasteiger partial charge in [-0.05, 0) is 69.4 Å². The molecule has 224 valence electrons. The smallest absolute Gasteiger partial charge is 0.251 e. The SMILES string of the molecule is COC1/C=C\C=C(/C)C(=O)NC2=CC(=O)C(NC3Cc4ccccc4C3)=C(CC(C)CCC(O)C(C)/C=C(\C)C1)C2=O. The molecule has 4 atom stereocenters. The van der Waals surface area contributed by atoms with Gasteiger partial charge in [-0.3, -0.25) is 14.4 Å². The Morgan fingerprint density at radius 1 is 0.976 bits per heavy atom. The highest BCUT2D eigenvalue weighted by Crippen LogP contribution is 2.29. The molecule has 0 fully saturated rings. The summed E-state index contributed by atoms with van der Waals surface area (Å²) in [5.74, 6) is -1.12. The van der Waals surface area contributed by atoms with Crippen LogP contribution in [0.25, 0.3) is 0 Å². The number of methoxy groups -OCH3 is 1. The molecule has 4 rings (SSSR count). The number of hydrogen-bond donors (Lipinski definition) is 3. The third-order valence-corrected chi connectivity index (χ3v) is 8.51. The molecular weight excluding hydrogens is 528 g/mol. The van der Waals surface area contributed by atoms with Crippen LogP contribution in [0, 0.1) is 11.8 Å². The summed E-state index contributed by atoms with van der Waals surface area (Å²) >= 11 is 0.